The molecular weight excluding hydrogens is 276 g/mol. The maximum atomic E-state index is 12.1. The van der Waals surface area contributed by atoms with Crippen molar-refractivity contribution in [2.45, 2.75) is 24.8 Å². The molecule has 1 aliphatic rings. The molecule has 0 spiro atoms. The Labute approximate surface area is 122 Å². The van der Waals surface area contributed by atoms with E-state index < -0.39 is 5.97 Å². The Morgan fingerprint density at radius 1 is 1.55 bits per heavy atom. The zero-order chi connectivity index (χ0) is 14.5. The highest BCUT2D eigenvalue weighted by Crippen LogP contribution is 2.22. The highest BCUT2D eigenvalue weighted by atomic mass is 32.2. The number of carbonyl (C=O) groups excluding carboxylic acids is 1. The number of nitrogens with zero attached hydrogens (tertiary/aromatic N) is 2. The topological polar surface area (TPSA) is 70.5 Å². The SMILES string of the molecule is CC1CCCN(C(=O)CSc2ncccc2C(=O)O)C1. The first kappa shape index (κ1) is 14.8. The fraction of sp³-hybridized carbons (Fsp3) is 0.500. The third-order valence-electron chi connectivity index (χ3n) is 3.34. The second kappa shape index (κ2) is 6.74. The van der Waals surface area contributed by atoms with E-state index in [4.69, 9.17) is 5.11 Å². The summed E-state index contributed by atoms with van der Waals surface area (Å²) in [5.41, 5.74) is 0.150. The van der Waals surface area contributed by atoms with Crippen LogP contribution in [-0.4, -0.2) is 45.7 Å². The fourth-order valence-electron chi connectivity index (χ4n) is 2.31. The van der Waals surface area contributed by atoms with E-state index in [1.165, 1.54) is 24.2 Å². The number of pyridine rings is 1. The molecule has 1 aromatic rings. The molecule has 2 rings (SSSR count). The second-order valence-corrected chi connectivity index (χ2v) is 6.00. The van der Waals surface area contributed by atoms with Gasteiger partial charge in [0.25, 0.3) is 0 Å². The van der Waals surface area contributed by atoms with Gasteiger partial charge in [-0.3, -0.25) is 4.79 Å². The minimum absolute atomic E-state index is 0.0588. The molecule has 1 aromatic heterocycles. The zero-order valence-electron chi connectivity index (χ0n) is 11.4. The predicted molar refractivity (Wildman–Crippen MR) is 76.9 cm³/mol. The van der Waals surface area contributed by atoms with Gasteiger partial charge < -0.3 is 10.0 Å². The molecule has 1 atom stereocenters. The second-order valence-electron chi connectivity index (χ2n) is 5.04. The van der Waals surface area contributed by atoms with Gasteiger partial charge in [0.15, 0.2) is 0 Å². The van der Waals surface area contributed by atoms with Gasteiger partial charge in [-0.25, -0.2) is 9.78 Å². The molecule has 1 N–H and O–H groups in total. The molecular formula is C14H18N2O3S. The van der Waals surface area contributed by atoms with Gasteiger partial charge in [0.05, 0.1) is 11.3 Å². The number of amides is 1. The number of piperidine rings is 1. The van der Waals surface area contributed by atoms with Gasteiger partial charge >= 0.3 is 5.97 Å². The van der Waals surface area contributed by atoms with Gasteiger partial charge in [0.1, 0.15) is 5.03 Å². The van der Waals surface area contributed by atoms with Gasteiger partial charge in [-0.1, -0.05) is 18.7 Å². The van der Waals surface area contributed by atoms with Crippen molar-refractivity contribution in [3.63, 3.8) is 0 Å². The smallest absolute Gasteiger partial charge is 0.338 e. The summed E-state index contributed by atoms with van der Waals surface area (Å²) in [5, 5.41) is 9.47. The standard InChI is InChI=1S/C14H18N2O3S/c1-10-4-3-7-16(8-10)12(17)9-20-13-11(14(18)19)5-2-6-15-13/h2,5-6,10H,3-4,7-9H2,1H3,(H,18,19). The number of aromatic carboxylic acids is 1. The summed E-state index contributed by atoms with van der Waals surface area (Å²) < 4.78 is 0. The van der Waals surface area contributed by atoms with Crippen LogP contribution < -0.4 is 0 Å². The van der Waals surface area contributed by atoms with Crippen molar-refractivity contribution in [2.24, 2.45) is 5.92 Å². The summed E-state index contributed by atoms with van der Waals surface area (Å²) in [6, 6.07) is 3.09. The number of hydrogen-bond acceptors (Lipinski definition) is 4. The van der Waals surface area contributed by atoms with E-state index in [0.29, 0.717) is 10.9 Å². The van der Waals surface area contributed by atoms with E-state index in [1.807, 2.05) is 4.90 Å². The Bertz CT molecular complexity index is 507. The van der Waals surface area contributed by atoms with Crippen LogP contribution in [0.15, 0.2) is 23.4 Å². The molecule has 108 valence electrons. The van der Waals surface area contributed by atoms with Crippen LogP contribution in [0.4, 0.5) is 0 Å². The monoisotopic (exact) mass is 294 g/mol. The first-order chi connectivity index (χ1) is 9.58. The number of aromatic nitrogens is 1. The zero-order valence-corrected chi connectivity index (χ0v) is 12.2. The highest BCUT2D eigenvalue weighted by molar-refractivity contribution is 8.00. The molecule has 1 aliphatic heterocycles. The van der Waals surface area contributed by atoms with Crippen molar-refractivity contribution in [3.8, 4) is 0 Å². The van der Waals surface area contributed by atoms with Crippen LogP contribution in [0, 0.1) is 5.92 Å². The minimum Gasteiger partial charge on any atom is -0.478 e. The molecule has 0 bridgehead atoms. The van der Waals surface area contributed by atoms with E-state index in [-0.39, 0.29) is 17.2 Å². The number of carboxylic acids is 1. The molecule has 6 heteroatoms. The first-order valence-corrected chi connectivity index (χ1v) is 7.65. The highest BCUT2D eigenvalue weighted by Gasteiger charge is 2.21. The molecule has 0 radical (unpaired) electrons. The van der Waals surface area contributed by atoms with Crippen molar-refractivity contribution in [1.82, 2.24) is 9.88 Å². The van der Waals surface area contributed by atoms with Crippen molar-refractivity contribution >= 4 is 23.6 Å². The molecule has 0 aromatic carbocycles. The Kier molecular flexibility index (Phi) is 5.00. The summed E-state index contributed by atoms with van der Waals surface area (Å²) in [5.74, 6) is -0.172. The minimum atomic E-state index is -1.01. The molecule has 1 fully saturated rings. The van der Waals surface area contributed by atoms with E-state index in [9.17, 15) is 9.59 Å². The summed E-state index contributed by atoms with van der Waals surface area (Å²) in [4.78, 5) is 29.1. The van der Waals surface area contributed by atoms with Crippen molar-refractivity contribution < 1.29 is 14.7 Å². The van der Waals surface area contributed by atoms with Crippen molar-refractivity contribution in [2.75, 3.05) is 18.8 Å². The number of thioether (sulfide) groups is 1. The van der Waals surface area contributed by atoms with Crippen LogP contribution in [0.25, 0.3) is 0 Å². The van der Waals surface area contributed by atoms with Crippen molar-refractivity contribution in [1.29, 1.82) is 0 Å². The Morgan fingerprint density at radius 2 is 2.35 bits per heavy atom. The Morgan fingerprint density at radius 3 is 3.05 bits per heavy atom. The molecule has 0 aliphatic carbocycles. The van der Waals surface area contributed by atoms with Gasteiger partial charge in [0, 0.05) is 19.3 Å². The van der Waals surface area contributed by atoms with E-state index in [2.05, 4.69) is 11.9 Å². The summed E-state index contributed by atoms with van der Waals surface area (Å²) in [6.45, 7) is 3.75. The molecule has 1 amide bonds. The largest absolute Gasteiger partial charge is 0.478 e. The number of hydrogen-bond donors (Lipinski definition) is 1. The predicted octanol–water partition coefficient (Wildman–Crippen LogP) is 2.13. The number of rotatable bonds is 4. The molecule has 1 saturated heterocycles. The lowest BCUT2D eigenvalue weighted by Gasteiger charge is -2.30. The average Bonchev–Trinajstić information content (AvgIpc) is 2.45. The fourth-order valence-corrected chi connectivity index (χ4v) is 3.19. The van der Waals surface area contributed by atoms with Crippen LogP contribution in [-0.2, 0) is 4.79 Å². The number of carboxylic acid groups (broad SMARTS) is 1. The molecule has 20 heavy (non-hydrogen) atoms. The van der Waals surface area contributed by atoms with Crippen LogP contribution in [0.3, 0.4) is 0 Å². The first-order valence-electron chi connectivity index (χ1n) is 6.67. The molecule has 5 nitrogen and oxygen atoms in total. The van der Waals surface area contributed by atoms with Crippen LogP contribution in [0.5, 0.6) is 0 Å². The molecule has 1 unspecified atom stereocenters. The van der Waals surface area contributed by atoms with Crippen molar-refractivity contribution in [3.05, 3.63) is 23.9 Å². The quantitative estimate of drug-likeness (QED) is 0.861. The van der Waals surface area contributed by atoms with E-state index >= 15 is 0 Å². The lowest BCUT2D eigenvalue weighted by molar-refractivity contribution is -0.130. The maximum absolute atomic E-state index is 12.1. The summed E-state index contributed by atoms with van der Waals surface area (Å²) >= 11 is 1.20. The third kappa shape index (κ3) is 3.72. The van der Waals surface area contributed by atoms with Gasteiger partial charge in [0.2, 0.25) is 5.91 Å². The van der Waals surface area contributed by atoms with E-state index in [0.717, 1.165) is 19.5 Å². The van der Waals surface area contributed by atoms with Gasteiger partial charge in [-0.2, -0.15) is 0 Å². The van der Waals surface area contributed by atoms with Gasteiger partial charge in [-0.15, -0.1) is 0 Å². The number of carbonyl (C=O) groups is 2. The lowest BCUT2D eigenvalue weighted by atomic mass is 10.0. The summed E-state index contributed by atoms with van der Waals surface area (Å²) in [7, 11) is 0. The third-order valence-corrected chi connectivity index (χ3v) is 4.33. The van der Waals surface area contributed by atoms with Crippen LogP contribution in [0.1, 0.15) is 30.1 Å². The Balaban J connectivity index is 1.95. The average molecular weight is 294 g/mol. The summed E-state index contributed by atoms with van der Waals surface area (Å²) in [6.07, 6.45) is 3.75. The van der Waals surface area contributed by atoms with Crippen LogP contribution >= 0.6 is 11.8 Å². The van der Waals surface area contributed by atoms with E-state index in [1.54, 1.807) is 12.3 Å². The van der Waals surface area contributed by atoms with Gasteiger partial charge in [-0.05, 0) is 30.9 Å². The Hall–Kier alpha value is -1.56. The molecule has 0 saturated carbocycles. The maximum Gasteiger partial charge on any atom is 0.338 e. The number of likely N-dealkylation sites (tertiary alicyclic amines) is 1. The normalized spacial score (nSPS) is 18.9. The van der Waals surface area contributed by atoms with Crippen LogP contribution in [0.2, 0.25) is 0 Å². The molecule has 2 heterocycles. The lowest BCUT2D eigenvalue weighted by Crippen LogP contribution is -2.40.